The zero-order valence-electron chi connectivity index (χ0n) is 9.98. The van der Waals surface area contributed by atoms with Gasteiger partial charge in [-0.25, -0.2) is 0 Å². The van der Waals surface area contributed by atoms with Crippen molar-refractivity contribution in [3.63, 3.8) is 0 Å². The topological polar surface area (TPSA) is 93.0 Å². The summed E-state index contributed by atoms with van der Waals surface area (Å²) >= 11 is 1.34. The van der Waals surface area contributed by atoms with Gasteiger partial charge in [0.05, 0.1) is 4.92 Å². The fourth-order valence-electron chi connectivity index (χ4n) is 1.28. The van der Waals surface area contributed by atoms with Gasteiger partial charge in [0, 0.05) is 13.1 Å². The van der Waals surface area contributed by atoms with Crippen LogP contribution in [0.15, 0.2) is 5.16 Å². The Morgan fingerprint density at radius 3 is 2.00 bits per heavy atom. The average molecular weight is 257 g/mol. The molecule has 0 fully saturated rings. The van der Waals surface area contributed by atoms with Gasteiger partial charge in [-0.3, -0.25) is 10.1 Å². The monoisotopic (exact) mass is 257 g/mol. The third-order valence-corrected chi connectivity index (χ3v) is 2.46. The maximum absolute atomic E-state index is 11.0. The Bertz CT molecular complexity index is 385. The van der Waals surface area contributed by atoms with E-state index in [9.17, 15) is 10.1 Å². The number of hydrogen-bond acceptors (Lipinski definition) is 7. The van der Waals surface area contributed by atoms with Crippen molar-refractivity contribution in [1.29, 1.82) is 0 Å². The minimum absolute atomic E-state index is 0.105. The Labute approximate surface area is 104 Å². The molecule has 0 saturated carbocycles. The first kappa shape index (κ1) is 13.5. The summed E-state index contributed by atoms with van der Waals surface area (Å²) in [5.41, 5.74) is -0.105. The molecule has 1 aromatic heterocycles. The quantitative estimate of drug-likeness (QED) is 0.348. The Kier molecular flexibility index (Phi) is 4.95. The standard InChI is InChI=1S/C9H15N5O2S/c1-4-10-7-6(14(15)16)8(11-5-2)13-9(12-7)17-3/h4-5H2,1-3H3,(H2,10,11,12,13). The molecule has 94 valence electrons. The second kappa shape index (κ2) is 6.24. The minimum atomic E-state index is -0.472. The molecule has 0 saturated heterocycles. The molecule has 8 heteroatoms. The van der Waals surface area contributed by atoms with Crippen LogP contribution in [0.4, 0.5) is 17.3 Å². The van der Waals surface area contributed by atoms with Crippen LogP contribution < -0.4 is 10.6 Å². The van der Waals surface area contributed by atoms with E-state index in [4.69, 9.17) is 0 Å². The van der Waals surface area contributed by atoms with Gasteiger partial charge in [-0.2, -0.15) is 9.97 Å². The number of nitrogens with one attached hydrogen (secondary N) is 2. The van der Waals surface area contributed by atoms with Crippen molar-refractivity contribution in [2.75, 3.05) is 30.0 Å². The van der Waals surface area contributed by atoms with Gasteiger partial charge in [0.25, 0.3) is 0 Å². The van der Waals surface area contributed by atoms with Crippen molar-refractivity contribution in [2.45, 2.75) is 19.0 Å². The van der Waals surface area contributed by atoms with E-state index in [1.54, 1.807) is 0 Å². The molecular formula is C9H15N5O2S. The van der Waals surface area contributed by atoms with Crippen molar-refractivity contribution in [2.24, 2.45) is 0 Å². The van der Waals surface area contributed by atoms with Crippen molar-refractivity contribution >= 4 is 29.1 Å². The first-order chi connectivity index (χ1) is 8.13. The van der Waals surface area contributed by atoms with E-state index in [-0.39, 0.29) is 17.3 Å². The van der Waals surface area contributed by atoms with E-state index in [1.807, 2.05) is 20.1 Å². The van der Waals surface area contributed by atoms with Crippen LogP contribution in [0.1, 0.15) is 13.8 Å². The van der Waals surface area contributed by atoms with E-state index in [2.05, 4.69) is 20.6 Å². The molecule has 0 aliphatic heterocycles. The summed E-state index contributed by atoms with van der Waals surface area (Å²) in [6, 6.07) is 0. The SMILES string of the molecule is CCNc1nc(SC)nc(NCC)c1[N+](=O)[O-]. The zero-order valence-corrected chi connectivity index (χ0v) is 10.8. The van der Waals surface area contributed by atoms with Gasteiger partial charge in [0.2, 0.25) is 11.6 Å². The summed E-state index contributed by atoms with van der Waals surface area (Å²) in [4.78, 5) is 18.8. The number of anilines is 2. The lowest BCUT2D eigenvalue weighted by atomic mass is 10.4. The molecule has 0 radical (unpaired) electrons. The van der Waals surface area contributed by atoms with Crippen LogP contribution in [-0.2, 0) is 0 Å². The molecule has 2 N–H and O–H groups in total. The van der Waals surface area contributed by atoms with Gasteiger partial charge in [-0.15, -0.1) is 0 Å². The second-order valence-corrected chi connectivity index (χ2v) is 3.85. The Balaban J connectivity index is 3.32. The number of rotatable bonds is 6. The molecule has 0 bridgehead atoms. The molecule has 0 amide bonds. The normalized spacial score (nSPS) is 10.1. The molecule has 0 aliphatic carbocycles. The zero-order chi connectivity index (χ0) is 12.8. The molecule has 0 spiro atoms. The summed E-state index contributed by atoms with van der Waals surface area (Å²) in [5.74, 6) is 0.514. The minimum Gasteiger partial charge on any atom is -0.364 e. The number of nitrogens with zero attached hydrogens (tertiary/aromatic N) is 3. The van der Waals surface area contributed by atoms with Gasteiger partial charge in [-0.05, 0) is 20.1 Å². The predicted octanol–water partition coefficient (Wildman–Crippen LogP) is 1.97. The summed E-state index contributed by atoms with van der Waals surface area (Å²) in [6.45, 7) is 4.85. The maximum atomic E-state index is 11.0. The van der Waals surface area contributed by atoms with E-state index < -0.39 is 4.92 Å². The highest BCUT2D eigenvalue weighted by atomic mass is 32.2. The molecule has 0 atom stereocenters. The molecule has 1 heterocycles. The highest BCUT2D eigenvalue weighted by molar-refractivity contribution is 7.98. The van der Waals surface area contributed by atoms with Crippen molar-refractivity contribution in [3.8, 4) is 0 Å². The lowest BCUT2D eigenvalue weighted by molar-refractivity contribution is -0.383. The molecule has 17 heavy (non-hydrogen) atoms. The van der Waals surface area contributed by atoms with Crippen LogP contribution in [0.5, 0.6) is 0 Å². The highest BCUT2D eigenvalue weighted by Crippen LogP contribution is 2.31. The lowest BCUT2D eigenvalue weighted by Gasteiger charge is -2.09. The van der Waals surface area contributed by atoms with E-state index in [1.165, 1.54) is 11.8 Å². The number of nitro groups is 1. The smallest absolute Gasteiger partial charge is 0.353 e. The van der Waals surface area contributed by atoms with Gasteiger partial charge in [0.15, 0.2) is 5.16 Å². The molecule has 0 unspecified atom stereocenters. The van der Waals surface area contributed by atoms with Gasteiger partial charge < -0.3 is 10.6 Å². The van der Waals surface area contributed by atoms with Crippen molar-refractivity contribution in [3.05, 3.63) is 10.1 Å². The number of thioether (sulfide) groups is 1. The second-order valence-electron chi connectivity index (χ2n) is 3.07. The van der Waals surface area contributed by atoms with Crippen LogP contribution in [0.3, 0.4) is 0 Å². The van der Waals surface area contributed by atoms with E-state index >= 15 is 0 Å². The molecule has 7 nitrogen and oxygen atoms in total. The summed E-state index contributed by atoms with van der Waals surface area (Å²) in [5, 5.41) is 17.3. The fourth-order valence-corrected chi connectivity index (χ4v) is 1.65. The van der Waals surface area contributed by atoms with E-state index in [0.717, 1.165) is 0 Å². The Morgan fingerprint density at radius 1 is 1.24 bits per heavy atom. The average Bonchev–Trinajstić information content (AvgIpc) is 2.28. The summed E-state index contributed by atoms with van der Waals surface area (Å²) in [6.07, 6.45) is 1.83. The third kappa shape index (κ3) is 3.19. The largest absolute Gasteiger partial charge is 0.364 e. The van der Waals surface area contributed by atoms with E-state index in [0.29, 0.717) is 18.2 Å². The van der Waals surface area contributed by atoms with Gasteiger partial charge in [-0.1, -0.05) is 11.8 Å². The first-order valence-electron chi connectivity index (χ1n) is 5.22. The lowest BCUT2D eigenvalue weighted by Crippen LogP contribution is -2.10. The molecule has 0 aliphatic rings. The molecule has 1 rings (SSSR count). The summed E-state index contributed by atoms with van der Waals surface area (Å²) < 4.78 is 0. The number of hydrogen-bond donors (Lipinski definition) is 2. The number of aromatic nitrogens is 2. The van der Waals surface area contributed by atoms with Crippen LogP contribution >= 0.6 is 11.8 Å². The van der Waals surface area contributed by atoms with Crippen LogP contribution in [0.2, 0.25) is 0 Å². The van der Waals surface area contributed by atoms with Gasteiger partial charge in [0.1, 0.15) is 0 Å². The summed E-state index contributed by atoms with van der Waals surface area (Å²) in [7, 11) is 0. The van der Waals surface area contributed by atoms with Crippen molar-refractivity contribution < 1.29 is 4.92 Å². The van der Waals surface area contributed by atoms with Gasteiger partial charge >= 0.3 is 5.69 Å². The fraction of sp³-hybridized carbons (Fsp3) is 0.556. The van der Waals surface area contributed by atoms with Crippen LogP contribution in [0, 0.1) is 10.1 Å². The van der Waals surface area contributed by atoms with Crippen molar-refractivity contribution in [1.82, 2.24) is 9.97 Å². The molecule has 1 aromatic rings. The maximum Gasteiger partial charge on any atom is 0.353 e. The third-order valence-electron chi connectivity index (χ3n) is 1.92. The first-order valence-corrected chi connectivity index (χ1v) is 6.44. The molecule has 0 aromatic carbocycles. The Hall–Kier alpha value is -1.57. The predicted molar refractivity (Wildman–Crippen MR) is 68.8 cm³/mol. The molecular weight excluding hydrogens is 242 g/mol. The highest BCUT2D eigenvalue weighted by Gasteiger charge is 2.23. The Morgan fingerprint density at radius 2 is 1.71 bits per heavy atom. The van der Waals surface area contributed by atoms with Crippen LogP contribution in [0.25, 0.3) is 0 Å². The van der Waals surface area contributed by atoms with Crippen LogP contribution in [-0.4, -0.2) is 34.2 Å².